The minimum absolute atomic E-state index is 0.0605. The molecular weight excluding hydrogens is 336 g/mol. The van der Waals surface area contributed by atoms with Gasteiger partial charge in [0.15, 0.2) is 5.76 Å². The summed E-state index contributed by atoms with van der Waals surface area (Å²) in [6.07, 6.45) is 5.01. The summed E-state index contributed by atoms with van der Waals surface area (Å²) in [4.78, 5) is 20.8. The van der Waals surface area contributed by atoms with Gasteiger partial charge in [-0.15, -0.1) is 0 Å². The number of fused-ring (bicyclic) bond motifs is 1. The zero-order valence-electron chi connectivity index (χ0n) is 14.1. The summed E-state index contributed by atoms with van der Waals surface area (Å²) in [6, 6.07) is 5.33. The largest absolute Gasteiger partial charge is 0.463 e. The first-order chi connectivity index (χ1) is 12.8. The van der Waals surface area contributed by atoms with E-state index in [2.05, 4.69) is 20.6 Å². The molecule has 8 heteroatoms. The van der Waals surface area contributed by atoms with E-state index in [4.69, 9.17) is 13.9 Å². The smallest absolute Gasteiger partial charge is 0.223 e. The molecule has 3 fully saturated rings. The van der Waals surface area contributed by atoms with Crippen LogP contribution in [0.2, 0.25) is 0 Å². The van der Waals surface area contributed by atoms with Crippen molar-refractivity contribution in [3.05, 3.63) is 30.7 Å². The average Bonchev–Trinajstić information content (AvgIpc) is 3.06. The van der Waals surface area contributed by atoms with Gasteiger partial charge < -0.3 is 24.5 Å². The van der Waals surface area contributed by atoms with E-state index >= 15 is 0 Å². The first-order valence-electron chi connectivity index (χ1n) is 8.95. The maximum Gasteiger partial charge on any atom is 0.223 e. The number of furan rings is 1. The molecule has 4 atom stereocenters. The second kappa shape index (κ2) is 6.37. The van der Waals surface area contributed by atoms with Gasteiger partial charge in [0.2, 0.25) is 11.9 Å². The third kappa shape index (κ3) is 2.95. The van der Waals surface area contributed by atoms with Gasteiger partial charge in [-0.25, -0.2) is 9.97 Å². The number of carbonyl (C=O) groups excluding carboxylic acids is 1. The van der Waals surface area contributed by atoms with Crippen molar-refractivity contribution >= 4 is 11.9 Å². The normalized spacial score (nSPS) is 30.2. The Bertz CT molecular complexity index is 792. The van der Waals surface area contributed by atoms with Crippen LogP contribution in [0.3, 0.4) is 0 Å². The van der Waals surface area contributed by atoms with Crippen molar-refractivity contribution in [3.63, 3.8) is 0 Å². The van der Waals surface area contributed by atoms with Crippen LogP contribution in [-0.2, 0) is 14.3 Å². The second-order valence-electron chi connectivity index (χ2n) is 6.98. The van der Waals surface area contributed by atoms with E-state index in [1.165, 1.54) is 0 Å². The number of aromatic nitrogens is 2. The molecule has 2 saturated heterocycles. The molecule has 0 aromatic carbocycles. The van der Waals surface area contributed by atoms with Crippen molar-refractivity contribution in [2.45, 2.75) is 37.1 Å². The Kier molecular flexibility index (Phi) is 3.86. The fraction of sp³-hybridized carbons (Fsp3) is 0.500. The Morgan fingerprint density at radius 1 is 1.12 bits per heavy atom. The maximum absolute atomic E-state index is 12.0. The van der Waals surface area contributed by atoms with E-state index in [1.807, 2.05) is 12.1 Å². The number of ether oxygens (including phenoxy) is 2. The van der Waals surface area contributed by atoms with Gasteiger partial charge in [-0.3, -0.25) is 4.79 Å². The quantitative estimate of drug-likeness (QED) is 0.831. The molecule has 0 unspecified atom stereocenters. The third-order valence-electron chi connectivity index (χ3n) is 5.07. The summed E-state index contributed by atoms with van der Waals surface area (Å²) < 4.78 is 17.2. The molecule has 136 valence electrons. The predicted octanol–water partition coefficient (Wildman–Crippen LogP) is 1.21. The van der Waals surface area contributed by atoms with Crippen LogP contribution in [0.15, 0.2) is 35.1 Å². The van der Waals surface area contributed by atoms with Gasteiger partial charge in [0, 0.05) is 12.1 Å². The van der Waals surface area contributed by atoms with Crippen LogP contribution >= 0.6 is 0 Å². The molecule has 1 amide bonds. The van der Waals surface area contributed by atoms with Crippen LogP contribution in [-0.4, -0.2) is 53.4 Å². The third-order valence-corrected chi connectivity index (χ3v) is 5.07. The number of rotatable bonds is 5. The first kappa shape index (κ1) is 15.8. The van der Waals surface area contributed by atoms with E-state index in [9.17, 15) is 4.79 Å². The molecule has 3 aliphatic rings. The van der Waals surface area contributed by atoms with E-state index in [0.29, 0.717) is 30.6 Å². The van der Waals surface area contributed by atoms with Crippen LogP contribution < -0.4 is 10.6 Å². The van der Waals surface area contributed by atoms with Crippen LogP contribution in [0, 0.1) is 5.92 Å². The molecule has 2 aromatic rings. The van der Waals surface area contributed by atoms with Crippen LogP contribution in [0.1, 0.15) is 12.8 Å². The number of hydrogen-bond donors (Lipinski definition) is 2. The minimum atomic E-state index is -0.136. The van der Waals surface area contributed by atoms with Gasteiger partial charge in [0.25, 0.3) is 0 Å². The summed E-state index contributed by atoms with van der Waals surface area (Å²) in [6.45, 7) is 0.957. The Balaban J connectivity index is 1.25. The standard InChI is InChI=1S/C18H20N4O4/c23-17(10-3-4-10)20-12-8-25-16-13(9-26-15(12)16)22-18-19-6-5-11(21-18)14-2-1-7-24-14/h1-2,5-7,10,12-13,15-16H,3-4,8-9H2,(H,20,23)(H,19,21,22)/t12-,13-,15+,16+/m0/s1. The van der Waals surface area contributed by atoms with Gasteiger partial charge in [0.05, 0.1) is 31.6 Å². The molecule has 8 nitrogen and oxygen atoms in total. The molecule has 2 aromatic heterocycles. The number of nitrogens with zero attached hydrogens (tertiary/aromatic N) is 2. The molecule has 0 bridgehead atoms. The van der Waals surface area contributed by atoms with Crippen molar-refractivity contribution in [2.24, 2.45) is 5.92 Å². The van der Waals surface area contributed by atoms with E-state index < -0.39 is 0 Å². The fourth-order valence-electron chi connectivity index (χ4n) is 3.55. The summed E-state index contributed by atoms with van der Waals surface area (Å²) in [5, 5.41) is 6.36. The molecule has 0 spiro atoms. The molecule has 26 heavy (non-hydrogen) atoms. The maximum atomic E-state index is 12.0. The highest BCUT2D eigenvalue weighted by Crippen LogP contribution is 2.32. The topological polar surface area (TPSA) is 98.5 Å². The van der Waals surface area contributed by atoms with Gasteiger partial charge in [-0.1, -0.05) is 0 Å². The van der Waals surface area contributed by atoms with Crippen molar-refractivity contribution in [2.75, 3.05) is 18.5 Å². The molecule has 2 aliphatic heterocycles. The van der Waals surface area contributed by atoms with Crippen molar-refractivity contribution in [1.82, 2.24) is 15.3 Å². The SMILES string of the molecule is O=C(N[C@H]1CO[C@H]2[C@@H]1OC[C@@H]2Nc1nccc(-c2ccco2)n1)C1CC1. The van der Waals surface area contributed by atoms with Crippen molar-refractivity contribution < 1.29 is 18.7 Å². The monoisotopic (exact) mass is 356 g/mol. The summed E-state index contributed by atoms with van der Waals surface area (Å²) in [5.41, 5.74) is 0.713. The molecule has 0 radical (unpaired) electrons. The molecule has 2 N–H and O–H groups in total. The number of anilines is 1. The van der Waals surface area contributed by atoms with E-state index in [1.54, 1.807) is 18.5 Å². The molecule has 1 aliphatic carbocycles. The summed E-state index contributed by atoms with van der Waals surface area (Å²) in [7, 11) is 0. The lowest BCUT2D eigenvalue weighted by atomic mass is 10.1. The zero-order chi connectivity index (χ0) is 17.5. The van der Waals surface area contributed by atoms with Gasteiger partial charge >= 0.3 is 0 Å². The highest BCUT2D eigenvalue weighted by atomic mass is 16.6. The highest BCUT2D eigenvalue weighted by Gasteiger charge is 2.49. The summed E-state index contributed by atoms with van der Waals surface area (Å²) >= 11 is 0. The minimum Gasteiger partial charge on any atom is -0.463 e. The fourth-order valence-corrected chi connectivity index (χ4v) is 3.55. The Morgan fingerprint density at radius 3 is 2.69 bits per heavy atom. The van der Waals surface area contributed by atoms with Crippen LogP contribution in [0.5, 0.6) is 0 Å². The number of nitrogens with one attached hydrogen (secondary N) is 2. The van der Waals surface area contributed by atoms with Crippen LogP contribution in [0.25, 0.3) is 11.5 Å². The average molecular weight is 356 g/mol. The molecule has 5 rings (SSSR count). The number of amides is 1. The highest BCUT2D eigenvalue weighted by molar-refractivity contribution is 5.81. The number of carbonyl (C=O) groups is 1. The lowest BCUT2D eigenvalue weighted by Crippen LogP contribution is -2.45. The lowest BCUT2D eigenvalue weighted by Gasteiger charge is -2.18. The first-order valence-corrected chi connectivity index (χ1v) is 8.95. The molecule has 1 saturated carbocycles. The second-order valence-corrected chi connectivity index (χ2v) is 6.98. The van der Waals surface area contributed by atoms with Gasteiger partial charge in [-0.2, -0.15) is 0 Å². The van der Waals surface area contributed by atoms with Gasteiger partial charge in [-0.05, 0) is 31.0 Å². The van der Waals surface area contributed by atoms with Gasteiger partial charge in [0.1, 0.15) is 17.9 Å². The predicted molar refractivity (Wildman–Crippen MR) is 91.3 cm³/mol. The number of hydrogen-bond acceptors (Lipinski definition) is 7. The molecule has 4 heterocycles. The lowest BCUT2D eigenvalue weighted by molar-refractivity contribution is -0.123. The van der Waals surface area contributed by atoms with E-state index in [-0.39, 0.29) is 36.1 Å². The molecular formula is C18H20N4O4. The zero-order valence-corrected chi connectivity index (χ0v) is 14.1. The Morgan fingerprint density at radius 2 is 1.92 bits per heavy atom. The summed E-state index contributed by atoms with van der Waals surface area (Å²) in [5.74, 6) is 1.49. The van der Waals surface area contributed by atoms with Crippen LogP contribution in [0.4, 0.5) is 5.95 Å². The Hall–Kier alpha value is -2.45. The Labute approximate surface area is 150 Å². The van der Waals surface area contributed by atoms with Crippen molar-refractivity contribution in [1.29, 1.82) is 0 Å². The van der Waals surface area contributed by atoms with Crippen molar-refractivity contribution in [3.8, 4) is 11.5 Å². The van der Waals surface area contributed by atoms with E-state index in [0.717, 1.165) is 12.8 Å².